The largest absolute Gasteiger partial charge is 0.370 e. The first-order valence-corrected chi connectivity index (χ1v) is 8.69. The van der Waals surface area contributed by atoms with E-state index in [1.165, 1.54) is 30.4 Å². The Morgan fingerprint density at radius 2 is 2.22 bits per heavy atom. The zero-order chi connectivity index (χ0) is 15.4. The Morgan fingerprint density at radius 1 is 1.39 bits per heavy atom. The normalized spacial score (nSPS) is 15.4. The molecule has 0 fully saturated rings. The average Bonchev–Trinajstić information content (AvgIpc) is 3.07. The lowest BCUT2D eigenvalue weighted by molar-refractivity contribution is 0.687. The van der Waals surface area contributed by atoms with Gasteiger partial charge in [-0.05, 0) is 42.9 Å². The molecule has 124 valence electrons. The highest BCUT2D eigenvalue weighted by molar-refractivity contribution is 14.0. The van der Waals surface area contributed by atoms with Crippen molar-refractivity contribution in [2.45, 2.75) is 38.5 Å². The number of thiazole rings is 1. The number of aryl methyl sites for hydroxylation is 1. The lowest BCUT2D eigenvalue weighted by Crippen LogP contribution is -2.24. The Bertz CT molecular complexity index is 655. The molecule has 0 radical (unpaired) electrons. The molecule has 1 aliphatic rings. The highest BCUT2D eigenvalue weighted by Crippen LogP contribution is 2.27. The summed E-state index contributed by atoms with van der Waals surface area (Å²) in [6, 6.07) is 6.41. The van der Waals surface area contributed by atoms with Gasteiger partial charge in [-0.15, -0.1) is 35.3 Å². The number of fused-ring (bicyclic) bond motifs is 1. The molecule has 0 spiro atoms. The molecule has 1 aromatic carbocycles. The van der Waals surface area contributed by atoms with Crippen LogP contribution in [-0.4, -0.2) is 17.5 Å². The number of nitrogens with one attached hydrogen (secondary N) is 1. The third kappa shape index (κ3) is 4.67. The van der Waals surface area contributed by atoms with Crippen molar-refractivity contribution in [1.82, 2.24) is 4.98 Å². The molecule has 0 amide bonds. The molecule has 6 heteroatoms. The van der Waals surface area contributed by atoms with Crippen LogP contribution in [0.1, 0.15) is 41.8 Å². The maximum Gasteiger partial charge on any atom is 0.193 e. The van der Waals surface area contributed by atoms with Crippen molar-refractivity contribution in [3.8, 4) is 0 Å². The van der Waals surface area contributed by atoms with Crippen LogP contribution in [-0.2, 0) is 12.8 Å². The van der Waals surface area contributed by atoms with E-state index in [1.54, 1.807) is 11.3 Å². The van der Waals surface area contributed by atoms with E-state index < -0.39 is 0 Å². The number of aliphatic imine (C=N–C) groups is 1. The van der Waals surface area contributed by atoms with Crippen LogP contribution in [0.15, 0.2) is 34.8 Å². The van der Waals surface area contributed by atoms with Gasteiger partial charge in [-0.1, -0.05) is 19.1 Å². The third-order valence-corrected chi connectivity index (χ3v) is 5.07. The van der Waals surface area contributed by atoms with Gasteiger partial charge in [0.1, 0.15) is 0 Å². The van der Waals surface area contributed by atoms with Gasteiger partial charge >= 0.3 is 0 Å². The molecular weight excluding hydrogens is 419 g/mol. The minimum Gasteiger partial charge on any atom is -0.370 e. The second-order valence-electron chi connectivity index (χ2n) is 5.77. The van der Waals surface area contributed by atoms with E-state index in [9.17, 15) is 0 Å². The van der Waals surface area contributed by atoms with E-state index in [4.69, 9.17) is 5.73 Å². The molecule has 3 rings (SSSR count). The first kappa shape index (κ1) is 18.2. The number of anilines is 1. The Kier molecular flexibility index (Phi) is 6.83. The fraction of sp³-hybridized carbons (Fsp3) is 0.412. The quantitative estimate of drug-likeness (QED) is 0.425. The van der Waals surface area contributed by atoms with Crippen molar-refractivity contribution in [1.29, 1.82) is 0 Å². The van der Waals surface area contributed by atoms with Gasteiger partial charge in [0.25, 0.3) is 0 Å². The third-order valence-electron chi connectivity index (χ3n) is 4.07. The number of rotatable bonds is 4. The Morgan fingerprint density at radius 3 is 3.00 bits per heavy atom. The van der Waals surface area contributed by atoms with Gasteiger partial charge in [0.2, 0.25) is 0 Å². The molecule has 0 saturated carbocycles. The number of guanidine groups is 1. The number of nitrogens with two attached hydrogens (primary N) is 1. The predicted molar refractivity (Wildman–Crippen MR) is 109 cm³/mol. The first-order valence-electron chi connectivity index (χ1n) is 7.81. The minimum absolute atomic E-state index is 0. The van der Waals surface area contributed by atoms with Crippen LogP contribution in [0, 0.1) is 0 Å². The number of hydrogen-bond donors (Lipinski definition) is 2. The van der Waals surface area contributed by atoms with E-state index in [-0.39, 0.29) is 24.0 Å². The molecular formula is C17H23IN4S. The highest BCUT2D eigenvalue weighted by atomic mass is 127. The minimum atomic E-state index is 0. The van der Waals surface area contributed by atoms with Gasteiger partial charge in [-0.25, -0.2) is 4.98 Å². The molecule has 1 aliphatic carbocycles. The lowest BCUT2D eigenvalue weighted by atomic mass is 9.90. The van der Waals surface area contributed by atoms with Crippen LogP contribution in [0.2, 0.25) is 0 Å². The summed E-state index contributed by atoms with van der Waals surface area (Å²) in [5.74, 6) is 0.785. The topological polar surface area (TPSA) is 63.3 Å². The monoisotopic (exact) mass is 442 g/mol. The van der Waals surface area contributed by atoms with Crippen molar-refractivity contribution in [2.75, 3.05) is 11.9 Å². The van der Waals surface area contributed by atoms with Gasteiger partial charge < -0.3 is 11.1 Å². The van der Waals surface area contributed by atoms with Gasteiger partial charge in [-0.3, -0.25) is 4.99 Å². The van der Waals surface area contributed by atoms with Crippen molar-refractivity contribution in [3.63, 3.8) is 0 Å². The Hall–Kier alpha value is -1.15. The smallest absolute Gasteiger partial charge is 0.193 e. The van der Waals surface area contributed by atoms with Gasteiger partial charge in [0, 0.05) is 23.2 Å². The molecule has 2 aromatic rings. The predicted octanol–water partition coefficient (Wildman–Crippen LogP) is 4.17. The van der Waals surface area contributed by atoms with E-state index in [0.717, 1.165) is 17.1 Å². The van der Waals surface area contributed by atoms with Gasteiger partial charge in [0.15, 0.2) is 5.96 Å². The van der Waals surface area contributed by atoms with E-state index in [1.807, 2.05) is 11.6 Å². The fourth-order valence-electron chi connectivity index (χ4n) is 2.87. The Labute approximate surface area is 158 Å². The zero-order valence-corrected chi connectivity index (χ0v) is 16.4. The SMILES string of the molecule is CC(CN=C(N)Nc1cccc2c1CCCC2)c1nccs1.I. The summed E-state index contributed by atoms with van der Waals surface area (Å²) in [5, 5.41) is 6.38. The standard InChI is InChI=1S/C17H22N4S.HI/c1-12(16-19-9-10-22-16)11-20-17(18)21-15-8-4-6-13-5-2-3-7-14(13)15;/h4,6,8-10,12H,2-3,5,7,11H2,1H3,(H3,18,20,21);1H. The van der Waals surface area contributed by atoms with Crippen molar-refractivity contribution < 1.29 is 0 Å². The van der Waals surface area contributed by atoms with Gasteiger partial charge in [-0.2, -0.15) is 0 Å². The molecule has 23 heavy (non-hydrogen) atoms. The molecule has 0 bridgehead atoms. The summed E-state index contributed by atoms with van der Waals surface area (Å²) >= 11 is 1.66. The van der Waals surface area contributed by atoms with Crippen molar-refractivity contribution in [2.24, 2.45) is 10.7 Å². The molecule has 3 N–H and O–H groups in total. The van der Waals surface area contributed by atoms with E-state index >= 15 is 0 Å². The lowest BCUT2D eigenvalue weighted by Gasteiger charge is -2.20. The molecule has 4 nitrogen and oxygen atoms in total. The number of benzene rings is 1. The molecule has 1 aromatic heterocycles. The fourth-order valence-corrected chi connectivity index (χ4v) is 3.56. The highest BCUT2D eigenvalue weighted by Gasteiger charge is 2.13. The summed E-state index contributed by atoms with van der Waals surface area (Å²) in [7, 11) is 0. The molecule has 1 unspecified atom stereocenters. The van der Waals surface area contributed by atoms with Crippen LogP contribution < -0.4 is 11.1 Å². The number of hydrogen-bond acceptors (Lipinski definition) is 3. The number of nitrogens with zero attached hydrogens (tertiary/aromatic N) is 2. The van der Waals surface area contributed by atoms with Crippen molar-refractivity contribution in [3.05, 3.63) is 45.9 Å². The average molecular weight is 442 g/mol. The first-order chi connectivity index (χ1) is 10.7. The summed E-state index contributed by atoms with van der Waals surface area (Å²) in [4.78, 5) is 8.80. The molecule has 0 aliphatic heterocycles. The number of aromatic nitrogens is 1. The second kappa shape index (κ2) is 8.63. The van der Waals surface area contributed by atoms with Crippen LogP contribution in [0.3, 0.4) is 0 Å². The summed E-state index contributed by atoms with van der Waals surface area (Å²) < 4.78 is 0. The Balaban J connectivity index is 0.00000192. The molecule has 1 atom stereocenters. The maximum absolute atomic E-state index is 6.06. The molecule has 1 heterocycles. The molecule has 0 saturated heterocycles. The van der Waals surface area contributed by atoms with Crippen LogP contribution in [0.4, 0.5) is 5.69 Å². The van der Waals surface area contributed by atoms with Crippen LogP contribution in [0.5, 0.6) is 0 Å². The van der Waals surface area contributed by atoms with Gasteiger partial charge in [0.05, 0.1) is 11.6 Å². The van der Waals surface area contributed by atoms with Crippen LogP contribution in [0.25, 0.3) is 0 Å². The number of halogens is 1. The zero-order valence-electron chi connectivity index (χ0n) is 13.3. The van der Waals surface area contributed by atoms with Crippen molar-refractivity contribution >= 4 is 47.0 Å². The van der Waals surface area contributed by atoms with E-state index in [2.05, 4.69) is 40.4 Å². The van der Waals surface area contributed by atoms with Crippen LogP contribution >= 0.6 is 35.3 Å². The maximum atomic E-state index is 6.06. The second-order valence-corrected chi connectivity index (χ2v) is 6.70. The summed E-state index contributed by atoms with van der Waals surface area (Å²) in [6.07, 6.45) is 6.66. The summed E-state index contributed by atoms with van der Waals surface area (Å²) in [5.41, 5.74) is 10.0. The van der Waals surface area contributed by atoms with E-state index in [0.29, 0.717) is 18.4 Å². The summed E-state index contributed by atoms with van der Waals surface area (Å²) in [6.45, 7) is 2.78.